The van der Waals surface area contributed by atoms with Gasteiger partial charge in [0.1, 0.15) is 0 Å². The van der Waals surface area contributed by atoms with Crippen LogP contribution in [-0.2, 0) is 9.47 Å². The van der Waals surface area contributed by atoms with Crippen LogP contribution in [0.25, 0.3) is 0 Å². The number of nitrogens with one attached hydrogen (secondary N) is 1. The van der Waals surface area contributed by atoms with Crippen LogP contribution in [0.15, 0.2) is 28.7 Å². The molecule has 96 valence electrons. The number of benzene rings is 1. The first-order chi connectivity index (χ1) is 8.10. The molecule has 0 aliphatic rings. The van der Waals surface area contributed by atoms with Crippen LogP contribution >= 0.6 is 15.9 Å². The second-order valence-electron chi connectivity index (χ2n) is 4.04. The van der Waals surface area contributed by atoms with E-state index in [1.165, 1.54) is 5.56 Å². The molecule has 2 atom stereocenters. The molecule has 0 aliphatic heterocycles. The van der Waals surface area contributed by atoms with Crippen molar-refractivity contribution in [1.29, 1.82) is 0 Å². The highest BCUT2D eigenvalue weighted by Gasteiger charge is 2.19. The summed E-state index contributed by atoms with van der Waals surface area (Å²) in [6.07, 6.45) is -0.236. The van der Waals surface area contributed by atoms with Gasteiger partial charge in [-0.05, 0) is 25.5 Å². The van der Waals surface area contributed by atoms with Gasteiger partial charge < -0.3 is 14.8 Å². The number of rotatable bonds is 6. The highest BCUT2D eigenvalue weighted by molar-refractivity contribution is 9.10. The fraction of sp³-hybridized carbons (Fsp3) is 0.538. The fourth-order valence-corrected chi connectivity index (χ4v) is 2.52. The van der Waals surface area contributed by atoms with E-state index in [4.69, 9.17) is 9.47 Å². The Labute approximate surface area is 112 Å². The Morgan fingerprint density at radius 2 is 1.71 bits per heavy atom. The Morgan fingerprint density at radius 1 is 1.12 bits per heavy atom. The molecule has 0 amide bonds. The highest BCUT2D eigenvalue weighted by Crippen LogP contribution is 2.23. The van der Waals surface area contributed by atoms with Crippen molar-refractivity contribution in [3.63, 3.8) is 0 Å². The number of ether oxygens (including phenoxy) is 2. The number of hydrogen-bond acceptors (Lipinski definition) is 3. The number of halogens is 1. The van der Waals surface area contributed by atoms with E-state index in [1.54, 1.807) is 14.2 Å². The topological polar surface area (TPSA) is 30.5 Å². The van der Waals surface area contributed by atoms with Gasteiger partial charge in [0.15, 0.2) is 6.29 Å². The first-order valence-electron chi connectivity index (χ1n) is 5.66. The lowest BCUT2D eigenvalue weighted by Crippen LogP contribution is -2.40. The average molecular weight is 302 g/mol. The molecule has 1 rings (SSSR count). The van der Waals surface area contributed by atoms with Crippen LogP contribution < -0.4 is 5.32 Å². The van der Waals surface area contributed by atoms with Crippen molar-refractivity contribution >= 4 is 15.9 Å². The van der Waals surface area contributed by atoms with Gasteiger partial charge in [-0.15, -0.1) is 0 Å². The summed E-state index contributed by atoms with van der Waals surface area (Å²) in [5, 5.41) is 3.46. The second-order valence-corrected chi connectivity index (χ2v) is 4.89. The molecule has 0 aromatic heterocycles. The maximum atomic E-state index is 5.23. The molecule has 1 N–H and O–H groups in total. The highest BCUT2D eigenvalue weighted by atomic mass is 79.9. The van der Waals surface area contributed by atoms with Gasteiger partial charge in [0.2, 0.25) is 0 Å². The van der Waals surface area contributed by atoms with Crippen LogP contribution in [0.5, 0.6) is 0 Å². The largest absolute Gasteiger partial charge is 0.354 e. The maximum Gasteiger partial charge on any atom is 0.171 e. The van der Waals surface area contributed by atoms with Crippen molar-refractivity contribution in [2.24, 2.45) is 0 Å². The summed E-state index contributed by atoms with van der Waals surface area (Å²) in [7, 11) is 3.30. The van der Waals surface area contributed by atoms with Crippen LogP contribution in [0.3, 0.4) is 0 Å². The average Bonchev–Trinajstić information content (AvgIpc) is 2.31. The Balaban J connectivity index is 2.66. The molecule has 0 radical (unpaired) electrons. The van der Waals surface area contributed by atoms with E-state index >= 15 is 0 Å². The minimum Gasteiger partial charge on any atom is -0.354 e. The normalized spacial score (nSPS) is 14.9. The maximum absolute atomic E-state index is 5.23. The summed E-state index contributed by atoms with van der Waals surface area (Å²) in [6.45, 7) is 4.17. The lowest BCUT2D eigenvalue weighted by molar-refractivity contribution is -0.120. The van der Waals surface area contributed by atoms with E-state index in [0.29, 0.717) is 0 Å². The summed E-state index contributed by atoms with van der Waals surface area (Å²) in [6, 6.07) is 8.54. The smallest absolute Gasteiger partial charge is 0.171 e. The molecule has 4 heteroatoms. The molecule has 0 saturated carbocycles. The van der Waals surface area contributed by atoms with Crippen LogP contribution in [0, 0.1) is 0 Å². The van der Waals surface area contributed by atoms with Crippen molar-refractivity contribution in [1.82, 2.24) is 5.32 Å². The monoisotopic (exact) mass is 301 g/mol. The standard InChI is InChI=1S/C13H20BrNO2/c1-9(11-7-5-6-8-12(11)14)15-10(2)13(16-3)17-4/h5-10,13,15H,1-4H3/t9-,10?/m1/s1. The summed E-state index contributed by atoms with van der Waals surface area (Å²) in [5.41, 5.74) is 1.23. The second kappa shape index (κ2) is 7.11. The van der Waals surface area contributed by atoms with Gasteiger partial charge in [-0.2, -0.15) is 0 Å². The summed E-state index contributed by atoms with van der Waals surface area (Å²) >= 11 is 3.56. The van der Waals surface area contributed by atoms with Gasteiger partial charge in [-0.25, -0.2) is 0 Å². The SMILES string of the molecule is COC(OC)C(C)N[C@H](C)c1ccccc1Br. The first-order valence-corrected chi connectivity index (χ1v) is 6.45. The van der Waals surface area contributed by atoms with Crippen LogP contribution in [0.4, 0.5) is 0 Å². The minimum atomic E-state index is -0.236. The van der Waals surface area contributed by atoms with Crippen LogP contribution in [0.1, 0.15) is 25.5 Å². The van der Waals surface area contributed by atoms with E-state index < -0.39 is 0 Å². The third-order valence-electron chi connectivity index (χ3n) is 2.76. The molecule has 0 bridgehead atoms. The molecular weight excluding hydrogens is 282 g/mol. The Morgan fingerprint density at radius 3 is 2.24 bits per heavy atom. The Kier molecular flexibility index (Phi) is 6.12. The summed E-state index contributed by atoms with van der Waals surface area (Å²) < 4.78 is 11.6. The van der Waals surface area contributed by atoms with Gasteiger partial charge in [-0.3, -0.25) is 0 Å². The fourth-order valence-electron chi connectivity index (χ4n) is 1.89. The van der Waals surface area contributed by atoms with E-state index in [1.807, 2.05) is 25.1 Å². The van der Waals surface area contributed by atoms with E-state index in [2.05, 4.69) is 34.2 Å². The molecular formula is C13H20BrNO2. The zero-order valence-electron chi connectivity index (χ0n) is 10.7. The molecule has 3 nitrogen and oxygen atoms in total. The number of hydrogen-bond donors (Lipinski definition) is 1. The van der Waals surface area contributed by atoms with E-state index in [0.717, 1.165) is 4.47 Å². The number of methoxy groups -OCH3 is 2. The molecule has 0 spiro atoms. The van der Waals surface area contributed by atoms with Crippen molar-refractivity contribution in [3.8, 4) is 0 Å². The molecule has 1 unspecified atom stereocenters. The van der Waals surface area contributed by atoms with Gasteiger partial charge in [-0.1, -0.05) is 34.1 Å². The molecule has 0 aliphatic carbocycles. The third-order valence-corrected chi connectivity index (χ3v) is 3.48. The zero-order chi connectivity index (χ0) is 12.8. The lowest BCUT2D eigenvalue weighted by atomic mass is 10.1. The molecule has 1 aromatic rings. The quantitative estimate of drug-likeness (QED) is 0.819. The van der Waals surface area contributed by atoms with Crippen LogP contribution in [-0.4, -0.2) is 26.6 Å². The van der Waals surface area contributed by atoms with Crippen molar-refractivity contribution < 1.29 is 9.47 Å². The van der Waals surface area contributed by atoms with Crippen molar-refractivity contribution in [3.05, 3.63) is 34.3 Å². The Hall–Kier alpha value is -0.420. The molecule has 17 heavy (non-hydrogen) atoms. The predicted octanol–water partition coefficient (Wildman–Crippen LogP) is 3.11. The van der Waals surface area contributed by atoms with Gasteiger partial charge in [0, 0.05) is 24.7 Å². The first kappa shape index (κ1) is 14.6. The van der Waals surface area contributed by atoms with Gasteiger partial charge in [0.05, 0.1) is 6.04 Å². The third kappa shape index (κ3) is 4.07. The summed E-state index contributed by atoms with van der Waals surface area (Å²) in [4.78, 5) is 0. The Bertz CT molecular complexity index is 342. The van der Waals surface area contributed by atoms with E-state index in [-0.39, 0.29) is 18.4 Å². The van der Waals surface area contributed by atoms with Crippen molar-refractivity contribution in [2.45, 2.75) is 32.2 Å². The van der Waals surface area contributed by atoms with E-state index in [9.17, 15) is 0 Å². The molecule has 0 fully saturated rings. The zero-order valence-corrected chi connectivity index (χ0v) is 12.3. The van der Waals surface area contributed by atoms with Gasteiger partial charge >= 0.3 is 0 Å². The summed E-state index contributed by atoms with van der Waals surface area (Å²) in [5.74, 6) is 0. The van der Waals surface area contributed by atoms with Crippen molar-refractivity contribution in [2.75, 3.05) is 14.2 Å². The predicted molar refractivity (Wildman–Crippen MR) is 73.0 cm³/mol. The van der Waals surface area contributed by atoms with Crippen LogP contribution in [0.2, 0.25) is 0 Å². The van der Waals surface area contributed by atoms with Gasteiger partial charge in [0.25, 0.3) is 0 Å². The molecule has 0 heterocycles. The molecule has 0 saturated heterocycles. The lowest BCUT2D eigenvalue weighted by Gasteiger charge is -2.26. The minimum absolute atomic E-state index is 0.118. The molecule has 1 aromatic carbocycles.